The fraction of sp³-hybridized carbons (Fsp3) is 0.190. The lowest BCUT2D eigenvalue weighted by Gasteiger charge is -2.33. The van der Waals surface area contributed by atoms with Gasteiger partial charge in [0.15, 0.2) is 0 Å². The van der Waals surface area contributed by atoms with E-state index < -0.39 is 18.0 Å². The quantitative estimate of drug-likeness (QED) is 0.276. The van der Waals surface area contributed by atoms with Gasteiger partial charge in [-0.15, -0.1) is 0 Å². The largest absolute Gasteiger partial charge is 0.854 e. The first-order valence-corrected chi connectivity index (χ1v) is 10.4. The molecule has 0 saturated heterocycles. The molecule has 0 bridgehead atoms. The van der Waals surface area contributed by atoms with Crippen LogP contribution >= 0.6 is 11.8 Å². The molecular weight excluding hydrogens is 404 g/mol. The van der Waals surface area contributed by atoms with Gasteiger partial charge in [0.2, 0.25) is 5.91 Å². The highest BCUT2D eigenvalue weighted by Crippen LogP contribution is 2.42. The molecule has 1 atom stereocenters. The first kappa shape index (κ1) is 19.8. The van der Waals surface area contributed by atoms with Crippen LogP contribution in [-0.2, 0) is 9.59 Å². The Bertz CT molecular complexity index is 1170. The number of nitrogens with zero attached hydrogens (tertiary/aromatic N) is 4. The zero-order chi connectivity index (χ0) is 21.4. The van der Waals surface area contributed by atoms with Crippen LogP contribution < -0.4 is 19.4 Å². The van der Waals surface area contributed by atoms with Gasteiger partial charge in [-0.1, -0.05) is 40.7 Å². The molecule has 0 saturated carbocycles. The van der Waals surface area contributed by atoms with E-state index in [9.17, 15) is 14.7 Å². The van der Waals surface area contributed by atoms with Gasteiger partial charge in [0.05, 0.1) is 22.7 Å². The van der Waals surface area contributed by atoms with Crippen LogP contribution in [0.1, 0.15) is 25.6 Å². The number of ether oxygens (including phenoxy) is 1. The Morgan fingerprint density at radius 1 is 1.13 bits per heavy atom. The van der Waals surface area contributed by atoms with Crippen molar-refractivity contribution >= 4 is 29.3 Å². The maximum atomic E-state index is 12.9. The molecule has 1 aromatic heterocycles. The molecule has 1 unspecified atom stereocenters. The average Bonchev–Trinajstić information content (AvgIpc) is 2.72. The molecule has 1 amide bonds. The molecule has 1 aliphatic rings. The molecule has 1 aliphatic heterocycles. The number of hydrogen-bond donors (Lipinski definition) is 0. The fourth-order valence-electron chi connectivity index (χ4n) is 3.58. The maximum absolute atomic E-state index is 12.9. The summed E-state index contributed by atoms with van der Waals surface area (Å²) in [5.74, 6) is -0.897. The summed E-state index contributed by atoms with van der Waals surface area (Å²) in [6, 6.07) is 14.0. The van der Waals surface area contributed by atoms with Crippen molar-refractivity contribution in [1.82, 2.24) is 10.1 Å². The van der Waals surface area contributed by atoms with Crippen LogP contribution in [0.3, 0.4) is 0 Å². The van der Waals surface area contributed by atoms with Crippen LogP contribution in [0.5, 0.6) is 11.6 Å². The van der Waals surface area contributed by atoms with Crippen molar-refractivity contribution in [3.8, 4) is 22.9 Å². The molecule has 152 valence electrons. The number of thioether (sulfide) groups is 1. The topological polar surface area (TPSA) is 99.3 Å². The number of carbonyl (C=O) groups is 2. The number of aromatic nitrogens is 3. The number of amides is 1. The Hall–Kier alpha value is -3.46. The van der Waals surface area contributed by atoms with E-state index in [1.165, 1.54) is 30.3 Å². The van der Waals surface area contributed by atoms with Gasteiger partial charge in [0, 0.05) is 18.9 Å². The number of hydrogen-bond acceptors (Lipinski definition) is 7. The van der Waals surface area contributed by atoms with Crippen LogP contribution in [-0.4, -0.2) is 28.2 Å². The van der Waals surface area contributed by atoms with E-state index in [0.29, 0.717) is 16.8 Å². The molecule has 2 aromatic carbocycles. The molecule has 0 spiro atoms. The normalized spacial score (nSPS) is 14.6. The molecular formula is C21H18N4O4S. The number of carbonyl (C=O) groups excluding carboxylic acids is 2. The van der Waals surface area contributed by atoms with Crippen LogP contribution in [0.25, 0.3) is 11.3 Å². The van der Waals surface area contributed by atoms with E-state index in [4.69, 9.17) is 4.74 Å². The summed E-state index contributed by atoms with van der Waals surface area (Å²) in [4.78, 5) is 30.1. The highest BCUT2D eigenvalue weighted by atomic mass is 32.2. The van der Waals surface area contributed by atoms with Gasteiger partial charge in [0.1, 0.15) is 5.75 Å². The Morgan fingerprint density at radius 2 is 1.83 bits per heavy atom. The number of rotatable bonds is 3. The molecule has 0 fully saturated rings. The number of fused-ring (bicyclic) bond motifs is 3. The van der Waals surface area contributed by atoms with Gasteiger partial charge in [-0.2, -0.15) is 0 Å². The van der Waals surface area contributed by atoms with E-state index in [1.54, 1.807) is 59.7 Å². The van der Waals surface area contributed by atoms with Crippen LogP contribution in [0.15, 0.2) is 53.7 Å². The van der Waals surface area contributed by atoms with Crippen molar-refractivity contribution < 1.29 is 24.1 Å². The van der Waals surface area contributed by atoms with Crippen molar-refractivity contribution in [2.24, 2.45) is 0 Å². The summed E-state index contributed by atoms with van der Waals surface area (Å²) >= 11 is 1.23. The zero-order valence-corrected chi connectivity index (χ0v) is 17.3. The van der Waals surface area contributed by atoms with Crippen LogP contribution in [0.2, 0.25) is 0 Å². The van der Waals surface area contributed by atoms with E-state index in [2.05, 4.69) is 10.1 Å². The molecule has 3 aromatic rings. The second-order valence-corrected chi connectivity index (χ2v) is 7.38. The fourth-order valence-corrected chi connectivity index (χ4v) is 3.93. The van der Waals surface area contributed by atoms with Gasteiger partial charge in [-0.25, -0.2) is 9.88 Å². The lowest BCUT2D eigenvalue weighted by atomic mass is 10.0. The Morgan fingerprint density at radius 3 is 2.53 bits per heavy atom. The van der Waals surface area contributed by atoms with E-state index in [-0.39, 0.29) is 22.5 Å². The molecule has 0 N–H and O–H groups in total. The van der Waals surface area contributed by atoms with Crippen LogP contribution in [0.4, 0.5) is 5.69 Å². The maximum Gasteiger partial charge on any atom is 0.308 e. The van der Waals surface area contributed by atoms with E-state index in [1.807, 2.05) is 0 Å². The van der Waals surface area contributed by atoms with Gasteiger partial charge >= 0.3 is 5.97 Å². The lowest BCUT2D eigenvalue weighted by molar-refractivity contribution is -0.764. The minimum absolute atomic E-state index is 0.250. The second-order valence-electron chi connectivity index (χ2n) is 6.61. The van der Waals surface area contributed by atoms with Crippen molar-refractivity contribution in [1.29, 1.82) is 0 Å². The van der Waals surface area contributed by atoms with Gasteiger partial charge in [0.25, 0.3) is 17.0 Å². The van der Waals surface area contributed by atoms with Gasteiger partial charge in [-0.05, 0) is 30.5 Å². The van der Waals surface area contributed by atoms with Gasteiger partial charge in [-0.3, -0.25) is 9.59 Å². The highest BCUT2D eigenvalue weighted by molar-refractivity contribution is 7.98. The minimum Gasteiger partial charge on any atom is -0.854 e. The number of anilines is 1. The summed E-state index contributed by atoms with van der Waals surface area (Å²) in [5.41, 5.74) is 1.91. The summed E-state index contributed by atoms with van der Waals surface area (Å²) in [5, 5.41) is 17.8. The zero-order valence-electron chi connectivity index (χ0n) is 16.5. The van der Waals surface area contributed by atoms with Crippen LogP contribution in [0, 0.1) is 0 Å². The third-order valence-electron chi connectivity index (χ3n) is 4.69. The predicted molar refractivity (Wildman–Crippen MR) is 108 cm³/mol. The summed E-state index contributed by atoms with van der Waals surface area (Å²) in [6.07, 6.45) is 0.938. The standard InChI is InChI=1S/C21H18N4O4S/c1-12(26)24-16-10-6-4-8-14(16)18-19(28)22-21(30-3)23-25(18)20(24)15-9-5-7-11-17(15)29-13(2)27/h4-11,20H,1-3H3. The summed E-state index contributed by atoms with van der Waals surface area (Å²) in [7, 11) is 0. The molecule has 30 heavy (non-hydrogen) atoms. The van der Waals surface area contributed by atoms with Crippen molar-refractivity contribution in [3.05, 3.63) is 54.1 Å². The predicted octanol–water partition coefficient (Wildman–Crippen LogP) is 2.07. The Balaban J connectivity index is 2.07. The Labute approximate surface area is 177 Å². The summed E-state index contributed by atoms with van der Waals surface area (Å²) < 4.78 is 6.89. The lowest BCUT2D eigenvalue weighted by Crippen LogP contribution is -2.58. The summed E-state index contributed by atoms with van der Waals surface area (Å²) in [6.45, 7) is 2.75. The Kier molecular flexibility index (Phi) is 5.13. The molecule has 8 nitrogen and oxygen atoms in total. The molecule has 0 aliphatic carbocycles. The third kappa shape index (κ3) is 3.26. The van der Waals surface area contributed by atoms with E-state index >= 15 is 0 Å². The number of benzene rings is 2. The first-order valence-electron chi connectivity index (χ1n) is 9.13. The second kappa shape index (κ2) is 7.75. The monoisotopic (exact) mass is 422 g/mol. The highest BCUT2D eigenvalue weighted by Gasteiger charge is 2.45. The third-order valence-corrected chi connectivity index (χ3v) is 5.23. The molecule has 0 radical (unpaired) electrons. The molecule has 9 heteroatoms. The van der Waals surface area contributed by atoms with E-state index in [0.717, 1.165) is 0 Å². The van der Waals surface area contributed by atoms with Crippen molar-refractivity contribution in [2.45, 2.75) is 25.2 Å². The smallest absolute Gasteiger partial charge is 0.308 e. The minimum atomic E-state index is -0.829. The number of para-hydroxylation sites is 2. The molecule has 2 heterocycles. The van der Waals surface area contributed by atoms with Crippen molar-refractivity contribution in [2.75, 3.05) is 11.2 Å². The van der Waals surface area contributed by atoms with Crippen molar-refractivity contribution in [3.63, 3.8) is 0 Å². The average molecular weight is 422 g/mol. The number of esters is 1. The van der Waals surface area contributed by atoms with Gasteiger partial charge < -0.3 is 9.84 Å². The molecule has 4 rings (SSSR count). The SMILES string of the molecule is CSc1nc([O-])c2[n+](n1)C(c1ccccc1OC(C)=O)N(C(C)=O)c1ccccc1-2. The first-order chi connectivity index (χ1) is 14.4.